The van der Waals surface area contributed by atoms with Crippen molar-refractivity contribution in [3.8, 4) is 0 Å². The standard InChI is InChI=1S/C20H21N5O3S/c26-20(17-5-3-16(4-6-17)13-24-15-21-14-22-24)23-18-7-9-19(10-8-18)29(27,28)25-11-1-2-12-25/h3-10,14-15H,1-2,11-13H2,(H,23,26). The van der Waals surface area contributed by atoms with Gasteiger partial charge in [0.05, 0.1) is 11.4 Å². The number of benzene rings is 2. The summed E-state index contributed by atoms with van der Waals surface area (Å²) < 4.78 is 28.3. The average molecular weight is 411 g/mol. The van der Waals surface area contributed by atoms with Crippen LogP contribution in [0.4, 0.5) is 5.69 Å². The van der Waals surface area contributed by atoms with Crippen LogP contribution in [-0.2, 0) is 16.6 Å². The van der Waals surface area contributed by atoms with Crippen LogP contribution in [0.15, 0.2) is 66.1 Å². The van der Waals surface area contributed by atoms with Crippen LogP contribution in [0.25, 0.3) is 0 Å². The Bertz CT molecular complexity index is 1070. The monoisotopic (exact) mass is 411 g/mol. The molecule has 0 aliphatic carbocycles. The Kier molecular flexibility index (Phi) is 5.41. The quantitative estimate of drug-likeness (QED) is 0.672. The van der Waals surface area contributed by atoms with Gasteiger partial charge in [0, 0.05) is 24.3 Å². The summed E-state index contributed by atoms with van der Waals surface area (Å²) in [5.74, 6) is -0.257. The molecule has 0 saturated carbocycles. The fourth-order valence-corrected chi connectivity index (χ4v) is 4.77. The molecule has 8 nitrogen and oxygen atoms in total. The molecule has 1 amide bonds. The summed E-state index contributed by atoms with van der Waals surface area (Å²) in [5.41, 5.74) is 2.06. The fourth-order valence-electron chi connectivity index (χ4n) is 3.25. The minimum Gasteiger partial charge on any atom is -0.322 e. The summed E-state index contributed by atoms with van der Waals surface area (Å²) in [6, 6.07) is 13.5. The van der Waals surface area contributed by atoms with Gasteiger partial charge in [-0.1, -0.05) is 12.1 Å². The molecule has 0 atom stereocenters. The van der Waals surface area contributed by atoms with E-state index < -0.39 is 10.0 Å². The topological polar surface area (TPSA) is 97.2 Å². The highest BCUT2D eigenvalue weighted by Gasteiger charge is 2.26. The molecule has 2 heterocycles. The summed E-state index contributed by atoms with van der Waals surface area (Å²) in [6.07, 6.45) is 4.90. The first-order valence-corrected chi connectivity index (χ1v) is 10.8. The zero-order valence-corrected chi connectivity index (χ0v) is 16.5. The predicted octanol–water partition coefficient (Wildman–Crippen LogP) is 2.36. The van der Waals surface area contributed by atoms with E-state index in [1.807, 2.05) is 12.1 Å². The van der Waals surface area contributed by atoms with Crippen molar-refractivity contribution in [2.24, 2.45) is 0 Å². The van der Waals surface area contributed by atoms with E-state index in [0.29, 0.717) is 30.9 Å². The maximum Gasteiger partial charge on any atom is 0.255 e. The van der Waals surface area contributed by atoms with E-state index in [0.717, 1.165) is 18.4 Å². The number of aromatic nitrogens is 3. The van der Waals surface area contributed by atoms with Gasteiger partial charge in [-0.3, -0.25) is 4.79 Å². The van der Waals surface area contributed by atoms with Crippen molar-refractivity contribution < 1.29 is 13.2 Å². The predicted molar refractivity (Wildman–Crippen MR) is 108 cm³/mol. The van der Waals surface area contributed by atoms with Gasteiger partial charge in [0.2, 0.25) is 10.0 Å². The number of hydrogen-bond acceptors (Lipinski definition) is 5. The molecule has 1 N–H and O–H groups in total. The molecule has 2 aromatic carbocycles. The maximum atomic E-state index is 12.6. The number of nitrogens with zero attached hydrogens (tertiary/aromatic N) is 4. The Morgan fingerprint density at radius 1 is 1.00 bits per heavy atom. The Hall–Kier alpha value is -3.04. The Morgan fingerprint density at radius 3 is 2.31 bits per heavy atom. The lowest BCUT2D eigenvalue weighted by Gasteiger charge is -2.15. The highest BCUT2D eigenvalue weighted by Crippen LogP contribution is 2.22. The van der Waals surface area contributed by atoms with Crippen LogP contribution in [0.2, 0.25) is 0 Å². The molecule has 4 rings (SSSR count). The zero-order valence-electron chi connectivity index (χ0n) is 15.7. The van der Waals surface area contributed by atoms with Crippen molar-refractivity contribution >= 4 is 21.6 Å². The second-order valence-electron chi connectivity index (χ2n) is 6.88. The van der Waals surface area contributed by atoms with E-state index in [2.05, 4.69) is 15.4 Å². The van der Waals surface area contributed by atoms with Gasteiger partial charge in [0.25, 0.3) is 5.91 Å². The van der Waals surface area contributed by atoms with Gasteiger partial charge in [0.1, 0.15) is 12.7 Å². The molecular weight excluding hydrogens is 390 g/mol. The lowest BCUT2D eigenvalue weighted by molar-refractivity contribution is 0.102. The molecule has 3 aromatic rings. The first kappa shape index (κ1) is 19.3. The number of amides is 1. The molecule has 1 aromatic heterocycles. The highest BCUT2D eigenvalue weighted by molar-refractivity contribution is 7.89. The van der Waals surface area contributed by atoms with Crippen LogP contribution in [0.5, 0.6) is 0 Å². The molecule has 29 heavy (non-hydrogen) atoms. The first-order valence-electron chi connectivity index (χ1n) is 9.35. The highest BCUT2D eigenvalue weighted by atomic mass is 32.2. The molecule has 1 aliphatic rings. The smallest absolute Gasteiger partial charge is 0.255 e. The van der Waals surface area contributed by atoms with Gasteiger partial charge >= 0.3 is 0 Å². The van der Waals surface area contributed by atoms with E-state index in [9.17, 15) is 13.2 Å². The van der Waals surface area contributed by atoms with Crippen LogP contribution in [0, 0.1) is 0 Å². The number of rotatable bonds is 6. The third-order valence-electron chi connectivity index (χ3n) is 4.84. The molecule has 1 aliphatic heterocycles. The van der Waals surface area contributed by atoms with Gasteiger partial charge < -0.3 is 5.32 Å². The van der Waals surface area contributed by atoms with E-state index in [1.165, 1.54) is 22.8 Å². The largest absolute Gasteiger partial charge is 0.322 e. The third-order valence-corrected chi connectivity index (χ3v) is 6.76. The summed E-state index contributed by atoms with van der Waals surface area (Å²) in [6.45, 7) is 1.70. The first-order chi connectivity index (χ1) is 14.0. The average Bonchev–Trinajstić information content (AvgIpc) is 3.43. The van der Waals surface area contributed by atoms with E-state index in [1.54, 1.807) is 35.3 Å². The van der Waals surface area contributed by atoms with Crippen LogP contribution < -0.4 is 5.32 Å². The Balaban J connectivity index is 1.40. The number of carbonyl (C=O) groups is 1. The molecule has 0 bridgehead atoms. The lowest BCUT2D eigenvalue weighted by Crippen LogP contribution is -2.27. The van der Waals surface area contributed by atoms with Crippen molar-refractivity contribution in [1.82, 2.24) is 19.1 Å². The summed E-state index contributed by atoms with van der Waals surface area (Å²) >= 11 is 0. The van der Waals surface area contributed by atoms with Gasteiger partial charge in [0.15, 0.2) is 0 Å². The number of nitrogens with one attached hydrogen (secondary N) is 1. The molecule has 1 saturated heterocycles. The van der Waals surface area contributed by atoms with Gasteiger partial charge in [-0.15, -0.1) is 0 Å². The number of carbonyl (C=O) groups excluding carboxylic acids is 1. The molecule has 0 unspecified atom stereocenters. The Labute approximate surface area is 169 Å². The lowest BCUT2D eigenvalue weighted by atomic mass is 10.1. The normalized spacial score (nSPS) is 14.8. The van der Waals surface area contributed by atoms with Crippen molar-refractivity contribution in [2.45, 2.75) is 24.3 Å². The molecule has 0 radical (unpaired) electrons. The van der Waals surface area contributed by atoms with E-state index >= 15 is 0 Å². The molecule has 150 valence electrons. The number of hydrogen-bond donors (Lipinski definition) is 1. The number of anilines is 1. The Morgan fingerprint density at radius 2 is 1.69 bits per heavy atom. The van der Waals surface area contributed by atoms with Crippen molar-refractivity contribution in [1.29, 1.82) is 0 Å². The second kappa shape index (κ2) is 8.14. The van der Waals surface area contributed by atoms with E-state index in [4.69, 9.17) is 0 Å². The zero-order chi connectivity index (χ0) is 20.3. The fraction of sp³-hybridized carbons (Fsp3) is 0.250. The minimum atomic E-state index is -3.45. The van der Waals surface area contributed by atoms with E-state index in [-0.39, 0.29) is 10.8 Å². The van der Waals surface area contributed by atoms with Crippen molar-refractivity contribution in [3.63, 3.8) is 0 Å². The summed E-state index contributed by atoms with van der Waals surface area (Å²) in [4.78, 5) is 16.6. The molecule has 9 heteroatoms. The van der Waals surface area contributed by atoms with Crippen LogP contribution in [0.1, 0.15) is 28.8 Å². The number of sulfonamides is 1. The van der Waals surface area contributed by atoms with Gasteiger partial charge in [-0.05, 0) is 54.8 Å². The maximum absolute atomic E-state index is 12.6. The van der Waals surface area contributed by atoms with Crippen molar-refractivity contribution in [2.75, 3.05) is 18.4 Å². The molecule has 1 fully saturated rings. The van der Waals surface area contributed by atoms with Crippen LogP contribution in [-0.4, -0.2) is 46.5 Å². The van der Waals surface area contributed by atoms with Gasteiger partial charge in [-0.2, -0.15) is 9.40 Å². The SMILES string of the molecule is O=C(Nc1ccc(S(=O)(=O)N2CCCC2)cc1)c1ccc(Cn2cncn2)cc1. The molecular formula is C20H21N5O3S. The van der Waals surface area contributed by atoms with Gasteiger partial charge in [-0.25, -0.2) is 18.1 Å². The van der Waals surface area contributed by atoms with Crippen LogP contribution in [0.3, 0.4) is 0 Å². The minimum absolute atomic E-state index is 0.245. The third kappa shape index (κ3) is 4.36. The van der Waals surface area contributed by atoms with Crippen LogP contribution >= 0.6 is 0 Å². The van der Waals surface area contributed by atoms with Crippen molar-refractivity contribution in [3.05, 3.63) is 72.3 Å². The molecule has 0 spiro atoms. The summed E-state index contributed by atoms with van der Waals surface area (Å²) in [7, 11) is -3.45. The summed E-state index contributed by atoms with van der Waals surface area (Å²) in [5, 5.41) is 6.85. The second-order valence-corrected chi connectivity index (χ2v) is 8.82.